The lowest BCUT2D eigenvalue weighted by atomic mass is 10.1. The molecule has 160 valence electrons. The Hall–Kier alpha value is -2.24. The Labute approximate surface area is 180 Å². The van der Waals surface area contributed by atoms with Crippen LogP contribution >= 0.6 is 12.4 Å². The maximum atomic E-state index is 12.3. The van der Waals surface area contributed by atoms with Gasteiger partial charge in [0.25, 0.3) is 0 Å². The Kier molecular flexibility index (Phi) is 11.2. The molecule has 0 amide bonds. The highest BCUT2D eigenvalue weighted by Gasteiger charge is 2.12. The molecule has 0 saturated heterocycles. The van der Waals surface area contributed by atoms with Crippen molar-refractivity contribution in [1.29, 1.82) is 0 Å². The van der Waals surface area contributed by atoms with Gasteiger partial charge in [0, 0.05) is 12.5 Å². The molecule has 0 heterocycles. The third kappa shape index (κ3) is 7.95. The summed E-state index contributed by atoms with van der Waals surface area (Å²) >= 11 is 0. The second-order valence-corrected chi connectivity index (χ2v) is 6.66. The summed E-state index contributed by atoms with van der Waals surface area (Å²) in [4.78, 5) is 14.7. The molecule has 0 N–H and O–H groups in total. The van der Waals surface area contributed by atoms with Crippen molar-refractivity contribution >= 4 is 18.4 Å². The molecule has 0 spiro atoms. The highest BCUT2D eigenvalue weighted by Crippen LogP contribution is 2.20. The monoisotopic (exact) mass is 421 g/mol. The standard InChI is InChI=1S/C23H31NO4.ClH/c1-5-18(16-24(6-2)7-3)17-27-21-10-8-19(9-11-21)23(25)28-22-14-12-20(26-4)13-15-22;/h8-15,18H,5-7,16-17H2,1-4H3;1H. The molecule has 0 aromatic heterocycles. The number of carbonyl (C=O) groups is 1. The summed E-state index contributed by atoms with van der Waals surface area (Å²) in [5, 5.41) is 0. The molecule has 0 bridgehead atoms. The lowest BCUT2D eigenvalue weighted by Crippen LogP contribution is -2.31. The van der Waals surface area contributed by atoms with Crippen LogP contribution in [0.2, 0.25) is 0 Å². The van der Waals surface area contributed by atoms with Crippen LogP contribution in [0.25, 0.3) is 0 Å². The minimum absolute atomic E-state index is 0. The zero-order valence-electron chi connectivity index (χ0n) is 17.7. The van der Waals surface area contributed by atoms with Gasteiger partial charge in [0.2, 0.25) is 0 Å². The zero-order chi connectivity index (χ0) is 20.4. The number of methoxy groups -OCH3 is 1. The second kappa shape index (κ2) is 13.1. The number of esters is 1. The molecular formula is C23H32ClNO4. The fraction of sp³-hybridized carbons (Fsp3) is 0.435. The number of benzene rings is 2. The Morgan fingerprint density at radius 1 is 0.897 bits per heavy atom. The predicted molar refractivity (Wildman–Crippen MR) is 119 cm³/mol. The largest absolute Gasteiger partial charge is 0.497 e. The molecule has 2 aromatic rings. The van der Waals surface area contributed by atoms with Crippen LogP contribution in [-0.2, 0) is 0 Å². The lowest BCUT2D eigenvalue weighted by molar-refractivity contribution is 0.0734. The molecule has 0 aliphatic carbocycles. The van der Waals surface area contributed by atoms with Crippen LogP contribution in [0.1, 0.15) is 37.6 Å². The van der Waals surface area contributed by atoms with E-state index in [4.69, 9.17) is 14.2 Å². The first kappa shape index (κ1) is 24.8. The number of ether oxygens (including phenoxy) is 3. The first-order chi connectivity index (χ1) is 13.6. The summed E-state index contributed by atoms with van der Waals surface area (Å²) in [6.45, 7) is 10.4. The fourth-order valence-electron chi connectivity index (χ4n) is 2.86. The van der Waals surface area contributed by atoms with E-state index in [0.717, 1.165) is 31.8 Å². The Balaban J connectivity index is 0.00000420. The van der Waals surface area contributed by atoms with Crippen molar-refractivity contribution in [1.82, 2.24) is 4.90 Å². The summed E-state index contributed by atoms with van der Waals surface area (Å²) in [5.41, 5.74) is 0.485. The van der Waals surface area contributed by atoms with Gasteiger partial charge in [-0.15, -0.1) is 12.4 Å². The van der Waals surface area contributed by atoms with Crippen LogP contribution in [0, 0.1) is 5.92 Å². The van der Waals surface area contributed by atoms with Crippen molar-refractivity contribution in [2.45, 2.75) is 27.2 Å². The zero-order valence-corrected chi connectivity index (χ0v) is 18.5. The van der Waals surface area contributed by atoms with Gasteiger partial charge in [0.15, 0.2) is 0 Å². The van der Waals surface area contributed by atoms with Crippen LogP contribution in [0.3, 0.4) is 0 Å². The molecule has 0 aliphatic rings. The van der Waals surface area contributed by atoms with E-state index in [-0.39, 0.29) is 12.4 Å². The summed E-state index contributed by atoms with van der Waals surface area (Å²) in [7, 11) is 1.59. The van der Waals surface area contributed by atoms with E-state index in [0.29, 0.717) is 29.6 Å². The van der Waals surface area contributed by atoms with Crippen molar-refractivity contribution in [3.8, 4) is 17.2 Å². The number of halogens is 1. The van der Waals surface area contributed by atoms with E-state index < -0.39 is 5.97 Å². The summed E-state index contributed by atoms with van der Waals surface area (Å²) in [6.07, 6.45) is 1.07. The van der Waals surface area contributed by atoms with Gasteiger partial charge in [0.05, 0.1) is 19.3 Å². The molecule has 0 radical (unpaired) electrons. The molecule has 1 unspecified atom stereocenters. The molecule has 0 fully saturated rings. The van der Waals surface area contributed by atoms with Gasteiger partial charge in [-0.3, -0.25) is 0 Å². The van der Waals surface area contributed by atoms with Crippen molar-refractivity contribution in [3.05, 3.63) is 54.1 Å². The third-order valence-corrected chi connectivity index (χ3v) is 4.83. The van der Waals surface area contributed by atoms with Crippen LogP contribution in [0.15, 0.2) is 48.5 Å². The summed E-state index contributed by atoms with van der Waals surface area (Å²) in [6, 6.07) is 14.0. The SMILES string of the molecule is CCC(COc1ccc(C(=O)Oc2ccc(OC)cc2)cc1)CN(CC)CC.Cl. The van der Waals surface area contributed by atoms with Gasteiger partial charge < -0.3 is 19.1 Å². The molecular weight excluding hydrogens is 390 g/mol. The van der Waals surface area contributed by atoms with Crippen LogP contribution < -0.4 is 14.2 Å². The van der Waals surface area contributed by atoms with Crippen molar-refractivity contribution < 1.29 is 19.0 Å². The second-order valence-electron chi connectivity index (χ2n) is 6.66. The molecule has 2 aromatic carbocycles. The predicted octanol–water partition coefficient (Wildman–Crippen LogP) is 5.08. The van der Waals surface area contributed by atoms with Gasteiger partial charge in [0.1, 0.15) is 17.2 Å². The fourth-order valence-corrected chi connectivity index (χ4v) is 2.86. The van der Waals surface area contributed by atoms with Gasteiger partial charge in [-0.1, -0.05) is 20.8 Å². The number of hydrogen-bond donors (Lipinski definition) is 0. The van der Waals surface area contributed by atoms with Gasteiger partial charge in [-0.25, -0.2) is 4.79 Å². The molecule has 1 atom stereocenters. The minimum atomic E-state index is -0.398. The topological polar surface area (TPSA) is 48.0 Å². The summed E-state index contributed by atoms with van der Waals surface area (Å²) < 4.78 is 16.4. The van der Waals surface area contributed by atoms with Crippen LogP contribution in [0.4, 0.5) is 0 Å². The average molecular weight is 422 g/mol. The van der Waals surface area contributed by atoms with Crippen molar-refractivity contribution in [2.75, 3.05) is 33.4 Å². The highest BCUT2D eigenvalue weighted by molar-refractivity contribution is 5.91. The number of hydrogen-bond acceptors (Lipinski definition) is 5. The molecule has 2 rings (SSSR count). The first-order valence-electron chi connectivity index (χ1n) is 9.91. The minimum Gasteiger partial charge on any atom is -0.497 e. The Bertz CT molecular complexity index is 715. The molecule has 0 aliphatic heterocycles. The van der Waals surface area contributed by atoms with E-state index in [2.05, 4.69) is 25.7 Å². The summed E-state index contributed by atoms with van der Waals surface area (Å²) in [5.74, 6) is 2.05. The molecule has 0 saturated carbocycles. The average Bonchev–Trinajstić information content (AvgIpc) is 2.75. The Morgan fingerprint density at radius 2 is 1.45 bits per heavy atom. The van der Waals surface area contributed by atoms with Crippen molar-refractivity contribution in [3.63, 3.8) is 0 Å². The number of rotatable bonds is 11. The third-order valence-electron chi connectivity index (χ3n) is 4.83. The Morgan fingerprint density at radius 3 is 1.97 bits per heavy atom. The number of nitrogens with zero attached hydrogens (tertiary/aromatic N) is 1. The van der Waals surface area contributed by atoms with E-state index >= 15 is 0 Å². The van der Waals surface area contributed by atoms with Crippen LogP contribution in [-0.4, -0.2) is 44.2 Å². The quantitative estimate of drug-likeness (QED) is 0.374. The maximum Gasteiger partial charge on any atom is 0.343 e. The smallest absolute Gasteiger partial charge is 0.343 e. The highest BCUT2D eigenvalue weighted by atomic mass is 35.5. The number of carbonyl (C=O) groups excluding carboxylic acids is 1. The van der Waals surface area contributed by atoms with Gasteiger partial charge in [-0.2, -0.15) is 0 Å². The molecule has 5 nitrogen and oxygen atoms in total. The van der Waals surface area contributed by atoms with Gasteiger partial charge >= 0.3 is 5.97 Å². The molecule has 6 heteroatoms. The first-order valence-corrected chi connectivity index (χ1v) is 9.91. The van der Waals surface area contributed by atoms with E-state index in [1.165, 1.54) is 0 Å². The lowest BCUT2D eigenvalue weighted by Gasteiger charge is -2.24. The maximum absolute atomic E-state index is 12.3. The van der Waals surface area contributed by atoms with E-state index in [9.17, 15) is 4.79 Å². The van der Waals surface area contributed by atoms with Gasteiger partial charge in [-0.05, 0) is 68.0 Å². The van der Waals surface area contributed by atoms with Crippen LogP contribution in [0.5, 0.6) is 17.2 Å². The van der Waals surface area contributed by atoms with Crippen molar-refractivity contribution in [2.24, 2.45) is 5.92 Å². The normalized spacial score (nSPS) is 11.5. The van der Waals surface area contributed by atoms with E-state index in [1.54, 1.807) is 43.5 Å². The van der Waals surface area contributed by atoms with E-state index in [1.807, 2.05) is 12.1 Å². The molecule has 29 heavy (non-hydrogen) atoms.